The summed E-state index contributed by atoms with van der Waals surface area (Å²) in [7, 11) is 0. The molecule has 2 heterocycles. The van der Waals surface area contributed by atoms with Crippen molar-refractivity contribution in [3.05, 3.63) is 77.4 Å². The predicted molar refractivity (Wildman–Crippen MR) is 94.2 cm³/mol. The SMILES string of the molecule is C1=CCCc2cc(CCc3cnc4ccccc4n3)[nH]c2/C=C\1. The van der Waals surface area contributed by atoms with Crippen molar-refractivity contribution < 1.29 is 0 Å². The van der Waals surface area contributed by atoms with Gasteiger partial charge in [0.25, 0.3) is 0 Å². The Balaban J connectivity index is 1.51. The van der Waals surface area contributed by atoms with Gasteiger partial charge >= 0.3 is 0 Å². The molecular formula is C20H19N3. The summed E-state index contributed by atoms with van der Waals surface area (Å²) in [6, 6.07) is 10.3. The molecular weight excluding hydrogens is 282 g/mol. The van der Waals surface area contributed by atoms with E-state index in [4.69, 9.17) is 4.98 Å². The van der Waals surface area contributed by atoms with Crippen LogP contribution in [0.2, 0.25) is 0 Å². The van der Waals surface area contributed by atoms with Crippen LogP contribution in [0.15, 0.2) is 54.8 Å². The van der Waals surface area contributed by atoms with Crippen molar-refractivity contribution in [1.29, 1.82) is 0 Å². The van der Waals surface area contributed by atoms with E-state index in [-0.39, 0.29) is 0 Å². The molecule has 1 aliphatic rings. The van der Waals surface area contributed by atoms with Crippen LogP contribution in [0, 0.1) is 0 Å². The number of aryl methyl sites for hydroxylation is 3. The summed E-state index contributed by atoms with van der Waals surface area (Å²) in [5.41, 5.74) is 6.90. The molecule has 0 radical (unpaired) electrons. The number of aromatic nitrogens is 3. The third kappa shape index (κ3) is 3.09. The molecule has 0 aliphatic heterocycles. The van der Waals surface area contributed by atoms with Crippen molar-refractivity contribution in [3.8, 4) is 0 Å². The van der Waals surface area contributed by atoms with Crippen LogP contribution < -0.4 is 0 Å². The van der Waals surface area contributed by atoms with Crippen LogP contribution >= 0.6 is 0 Å². The average Bonchev–Trinajstić information content (AvgIpc) is 2.94. The standard InChI is InChI=1S/C20H19N3/c1-2-4-8-18-15(7-3-1)13-16(22-18)11-12-17-14-21-19-9-5-6-10-20(19)23-17/h1-2,4-6,8-10,13-14,22H,3,7,11-12H2/b2-1?,8-4-. The normalized spacial score (nSPS) is 15.1. The molecule has 114 valence electrons. The second-order valence-electron chi connectivity index (χ2n) is 5.91. The Hall–Kier alpha value is -2.68. The lowest BCUT2D eigenvalue weighted by Gasteiger charge is -2.01. The second kappa shape index (κ2) is 6.21. The molecule has 23 heavy (non-hydrogen) atoms. The number of hydrogen-bond donors (Lipinski definition) is 1. The zero-order valence-corrected chi connectivity index (χ0v) is 13.0. The third-order valence-electron chi connectivity index (χ3n) is 4.23. The first-order valence-electron chi connectivity index (χ1n) is 8.13. The number of hydrogen-bond acceptors (Lipinski definition) is 2. The number of aromatic amines is 1. The van der Waals surface area contributed by atoms with Crippen molar-refractivity contribution >= 4 is 17.1 Å². The van der Waals surface area contributed by atoms with Crippen LogP contribution in [0.5, 0.6) is 0 Å². The van der Waals surface area contributed by atoms with Crippen molar-refractivity contribution in [2.75, 3.05) is 0 Å². The molecule has 1 aromatic carbocycles. The van der Waals surface area contributed by atoms with E-state index in [0.29, 0.717) is 0 Å². The van der Waals surface area contributed by atoms with Crippen LogP contribution in [-0.2, 0) is 19.3 Å². The summed E-state index contributed by atoms with van der Waals surface area (Å²) in [6.45, 7) is 0. The maximum absolute atomic E-state index is 4.70. The minimum atomic E-state index is 0.902. The average molecular weight is 301 g/mol. The number of H-pyrrole nitrogens is 1. The van der Waals surface area contributed by atoms with Gasteiger partial charge < -0.3 is 4.98 Å². The highest BCUT2D eigenvalue weighted by Crippen LogP contribution is 2.18. The smallest absolute Gasteiger partial charge is 0.0890 e. The maximum atomic E-state index is 4.70. The van der Waals surface area contributed by atoms with Crippen molar-refractivity contribution in [2.45, 2.75) is 25.7 Å². The van der Waals surface area contributed by atoms with Crippen molar-refractivity contribution in [1.82, 2.24) is 15.0 Å². The van der Waals surface area contributed by atoms with Crippen molar-refractivity contribution in [2.24, 2.45) is 0 Å². The Morgan fingerprint density at radius 1 is 1.04 bits per heavy atom. The molecule has 0 saturated carbocycles. The highest BCUT2D eigenvalue weighted by molar-refractivity contribution is 5.73. The fourth-order valence-electron chi connectivity index (χ4n) is 3.01. The van der Waals surface area contributed by atoms with E-state index in [2.05, 4.69) is 40.3 Å². The van der Waals surface area contributed by atoms with Gasteiger partial charge in [-0.3, -0.25) is 4.98 Å². The summed E-state index contributed by atoms with van der Waals surface area (Å²) in [5, 5.41) is 0. The highest BCUT2D eigenvalue weighted by atomic mass is 14.8. The fraction of sp³-hybridized carbons (Fsp3) is 0.200. The van der Waals surface area contributed by atoms with E-state index < -0.39 is 0 Å². The Morgan fingerprint density at radius 3 is 2.91 bits per heavy atom. The molecule has 0 fully saturated rings. The van der Waals surface area contributed by atoms with Gasteiger partial charge in [0.2, 0.25) is 0 Å². The lowest BCUT2D eigenvalue weighted by Crippen LogP contribution is -1.96. The number of nitrogens with zero attached hydrogens (tertiary/aromatic N) is 2. The number of nitrogens with one attached hydrogen (secondary N) is 1. The Morgan fingerprint density at radius 2 is 1.96 bits per heavy atom. The van der Waals surface area contributed by atoms with Gasteiger partial charge in [0.05, 0.1) is 16.7 Å². The lowest BCUT2D eigenvalue weighted by molar-refractivity contribution is 0.886. The zero-order chi connectivity index (χ0) is 15.5. The molecule has 1 aliphatic carbocycles. The monoisotopic (exact) mass is 301 g/mol. The van der Waals surface area contributed by atoms with Gasteiger partial charge in [-0.2, -0.15) is 0 Å². The number of benzene rings is 1. The highest BCUT2D eigenvalue weighted by Gasteiger charge is 2.07. The summed E-state index contributed by atoms with van der Waals surface area (Å²) >= 11 is 0. The third-order valence-corrected chi connectivity index (χ3v) is 4.23. The van der Waals surface area contributed by atoms with Gasteiger partial charge in [-0.05, 0) is 55.5 Å². The molecule has 0 bridgehead atoms. The number of fused-ring (bicyclic) bond motifs is 2. The largest absolute Gasteiger partial charge is 0.359 e. The second-order valence-corrected chi connectivity index (χ2v) is 5.91. The van der Waals surface area contributed by atoms with Crippen LogP contribution in [0.4, 0.5) is 0 Å². The number of allylic oxidation sites excluding steroid dienone is 3. The molecule has 0 saturated heterocycles. The summed E-state index contributed by atoms with van der Waals surface area (Å²) in [5.74, 6) is 0. The van der Waals surface area contributed by atoms with Gasteiger partial charge in [0.15, 0.2) is 0 Å². The molecule has 0 spiro atoms. The van der Waals surface area contributed by atoms with Gasteiger partial charge in [-0.15, -0.1) is 0 Å². The summed E-state index contributed by atoms with van der Waals surface area (Å²) < 4.78 is 0. The molecule has 0 amide bonds. The van der Waals surface area contributed by atoms with E-state index >= 15 is 0 Å². The molecule has 1 N–H and O–H groups in total. The number of para-hydroxylation sites is 2. The van der Waals surface area contributed by atoms with Crippen LogP contribution in [-0.4, -0.2) is 15.0 Å². The minimum Gasteiger partial charge on any atom is -0.359 e. The summed E-state index contributed by atoms with van der Waals surface area (Å²) in [6.07, 6.45) is 14.6. The molecule has 3 aromatic rings. The molecule has 0 unspecified atom stereocenters. The molecule has 3 heteroatoms. The van der Waals surface area contributed by atoms with Gasteiger partial charge in [-0.25, -0.2) is 4.98 Å². The van der Waals surface area contributed by atoms with Gasteiger partial charge in [0.1, 0.15) is 0 Å². The molecule has 4 rings (SSSR count). The first-order chi connectivity index (χ1) is 11.4. The van der Waals surface area contributed by atoms with E-state index in [0.717, 1.165) is 42.4 Å². The van der Waals surface area contributed by atoms with E-state index in [1.165, 1.54) is 17.0 Å². The molecule has 2 aromatic heterocycles. The van der Waals surface area contributed by atoms with Crippen molar-refractivity contribution in [3.63, 3.8) is 0 Å². The lowest BCUT2D eigenvalue weighted by atomic mass is 10.1. The van der Waals surface area contributed by atoms with Gasteiger partial charge in [0, 0.05) is 17.6 Å². The van der Waals surface area contributed by atoms with Gasteiger partial charge in [-0.1, -0.05) is 30.4 Å². The van der Waals surface area contributed by atoms with E-state index in [1.807, 2.05) is 30.5 Å². The topological polar surface area (TPSA) is 41.6 Å². The zero-order valence-electron chi connectivity index (χ0n) is 13.0. The Labute approximate surface area is 135 Å². The fourth-order valence-corrected chi connectivity index (χ4v) is 3.01. The van der Waals surface area contributed by atoms with Crippen LogP contribution in [0.25, 0.3) is 17.1 Å². The Kier molecular flexibility index (Phi) is 3.76. The minimum absolute atomic E-state index is 0.902. The Bertz CT molecular complexity index is 887. The quantitative estimate of drug-likeness (QED) is 0.785. The van der Waals surface area contributed by atoms with E-state index in [9.17, 15) is 0 Å². The number of rotatable bonds is 3. The first-order valence-corrected chi connectivity index (χ1v) is 8.13. The van der Waals surface area contributed by atoms with E-state index in [1.54, 1.807) is 0 Å². The maximum Gasteiger partial charge on any atom is 0.0890 e. The molecule has 0 atom stereocenters. The van der Waals surface area contributed by atoms with Crippen LogP contribution in [0.1, 0.15) is 29.1 Å². The molecule has 3 nitrogen and oxygen atoms in total. The summed E-state index contributed by atoms with van der Waals surface area (Å²) in [4.78, 5) is 12.7. The first kappa shape index (κ1) is 13.9. The predicted octanol–water partition coefficient (Wildman–Crippen LogP) is 4.26. The van der Waals surface area contributed by atoms with Crippen LogP contribution in [0.3, 0.4) is 0 Å².